The topological polar surface area (TPSA) is 60.0 Å². The SMILES string of the molecule is Cc1cc(-n2c(C)ccc2C)nc2c1cc(Br)c(=O)n2[C@H]1CC[C@H](O)CC1. The molecule has 4 rings (SSSR count). The zero-order chi connectivity index (χ0) is 19.3. The summed E-state index contributed by atoms with van der Waals surface area (Å²) in [7, 11) is 0. The lowest BCUT2D eigenvalue weighted by Crippen LogP contribution is -2.30. The van der Waals surface area contributed by atoms with E-state index in [1.54, 1.807) is 0 Å². The predicted molar refractivity (Wildman–Crippen MR) is 111 cm³/mol. The van der Waals surface area contributed by atoms with Gasteiger partial charge in [-0.25, -0.2) is 4.98 Å². The first-order valence-electron chi connectivity index (χ1n) is 9.42. The smallest absolute Gasteiger partial charge is 0.266 e. The van der Waals surface area contributed by atoms with Gasteiger partial charge in [0.25, 0.3) is 5.56 Å². The summed E-state index contributed by atoms with van der Waals surface area (Å²) in [6.45, 7) is 6.18. The predicted octanol–water partition coefficient (Wildman–Crippen LogP) is 4.35. The number of aliphatic hydroxyl groups is 1. The Morgan fingerprint density at radius 1 is 1.07 bits per heavy atom. The Morgan fingerprint density at radius 3 is 2.33 bits per heavy atom. The lowest BCUT2D eigenvalue weighted by Gasteiger charge is -2.28. The first-order chi connectivity index (χ1) is 12.9. The van der Waals surface area contributed by atoms with E-state index in [0.717, 1.165) is 59.5 Å². The van der Waals surface area contributed by atoms with E-state index in [1.807, 2.05) is 10.6 Å². The third-order valence-corrected chi connectivity index (χ3v) is 6.25. The highest BCUT2D eigenvalue weighted by Gasteiger charge is 2.25. The highest BCUT2D eigenvalue weighted by atomic mass is 79.9. The fourth-order valence-corrected chi connectivity index (χ4v) is 4.63. The van der Waals surface area contributed by atoms with E-state index in [0.29, 0.717) is 4.47 Å². The van der Waals surface area contributed by atoms with Gasteiger partial charge in [-0.3, -0.25) is 9.36 Å². The quantitative estimate of drug-likeness (QED) is 0.658. The van der Waals surface area contributed by atoms with Crippen molar-refractivity contribution >= 4 is 27.0 Å². The van der Waals surface area contributed by atoms with Crippen LogP contribution in [0.25, 0.3) is 16.9 Å². The van der Waals surface area contributed by atoms with Crippen molar-refractivity contribution < 1.29 is 5.11 Å². The molecule has 3 heterocycles. The van der Waals surface area contributed by atoms with Gasteiger partial charge in [-0.05, 0) is 92.2 Å². The van der Waals surface area contributed by atoms with E-state index in [9.17, 15) is 9.90 Å². The number of nitrogens with zero attached hydrogens (tertiary/aromatic N) is 3. The number of pyridine rings is 2. The summed E-state index contributed by atoms with van der Waals surface area (Å²) in [6, 6.07) is 8.18. The molecule has 142 valence electrons. The Kier molecular flexibility index (Phi) is 4.72. The maximum atomic E-state index is 13.0. The molecule has 5 nitrogen and oxygen atoms in total. The molecule has 6 heteroatoms. The first kappa shape index (κ1) is 18.4. The van der Waals surface area contributed by atoms with Crippen LogP contribution < -0.4 is 5.56 Å². The van der Waals surface area contributed by atoms with E-state index in [2.05, 4.69) is 59.5 Å². The normalized spacial score (nSPS) is 20.3. The van der Waals surface area contributed by atoms with Crippen LogP contribution in [0.4, 0.5) is 0 Å². The molecule has 0 radical (unpaired) electrons. The number of fused-ring (bicyclic) bond motifs is 1. The molecule has 1 aliphatic rings. The van der Waals surface area contributed by atoms with Crippen molar-refractivity contribution in [2.45, 2.75) is 58.6 Å². The number of aliphatic hydroxyl groups excluding tert-OH is 1. The molecule has 0 atom stereocenters. The molecule has 3 aromatic heterocycles. The first-order valence-corrected chi connectivity index (χ1v) is 10.2. The second kappa shape index (κ2) is 6.91. The molecular weight excluding hydrogens is 406 g/mol. The summed E-state index contributed by atoms with van der Waals surface area (Å²) in [5, 5.41) is 10.9. The van der Waals surface area contributed by atoms with E-state index in [1.165, 1.54) is 0 Å². The van der Waals surface area contributed by atoms with Gasteiger partial charge in [0.15, 0.2) is 0 Å². The van der Waals surface area contributed by atoms with Crippen molar-refractivity contribution in [2.75, 3.05) is 0 Å². The van der Waals surface area contributed by atoms with Crippen LogP contribution in [-0.4, -0.2) is 25.3 Å². The van der Waals surface area contributed by atoms with Gasteiger partial charge in [-0.2, -0.15) is 0 Å². The van der Waals surface area contributed by atoms with Crippen LogP contribution in [-0.2, 0) is 0 Å². The molecule has 0 unspecified atom stereocenters. The second-order valence-electron chi connectivity index (χ2n) is 7.62. The summed E-state index contributed by atoms with van der Waals surface area (Å²) in [5.74, 6) is 0.839. The van der Waals surface area contributed by atoms with Gasteiger partial charge in [0.05, 0.1) is 10.6 Å². The lowest BCUT2D eigenvalue weighted by atomic mass is 9.92. The maximum Gasteiger partial charge on any atom is 0.266 e. The molecule has 1 aliphatic carbocycles. The number of hydrogen-bond acceptors (Lipinski definition) is 3. The summed E-state index contributed by atoms with van der Waals surface area (Å²) in [5.41, 5.74) is 4.00. The standard InChI is InChI=1S/C21H24BrN3O2/c1-12-10-19(24-13(2)4-5-14(24)3)23-20-17(12)11-18(22)21(27)25(20)15-6-8-16(26)9-7-15/h4-5,10-11,15-16,26H,6-9H2,1-3H3/t15-,16-. The number of rotatable bonds is 2. The second-order valence-corrected chi connectivity index (χ2v) is 8.47. The van der Waals surface area contributed by atoms with E-state index in [4.69, 9.17) is 4.98 Å². The van der Waals surface area contributed by atoms with Crippen LogP contribution in [0.3, 0.4) is 0 Å². The van der Waals surface area contributed by atoms with Crippen LogP contribution in [0.1, 0.15) is 48.7 Å². The third kappa shape index (κ3) is 3.15. The minimum absolute atomic E-state index is 0.0473. The molecule has 3 aromatic rings. The zero-order valence-electron chi connectivity index (χ0n) is 15.9. The average Bonchev–Trinajstić information content (AvgIpc) is 2.96. The van der Waals surface area contributed by atoms with Crippen molar-refractivity contribution in [3.05, 3.63) is 56.0 Å². The number of hydrogen-bond donors (Lipinski definition) is 1. The van der Waals surface area contributed by atoms with Crippen LogP contribution in [0.2, 0.25) is 0 Å². The minimum Gasteiger partial charge on any atom is -0.393 e. The Balaban J connectivity index is 1.98. The minimum atomic E-state index is -0.259. The van der Waals surface area contributed by atoms with Crippen LogP contribution in [0.5, 0.6) is 0 Å². The molecule has 0 spiro atoms. The van der Waals surface area contributed by atoms with Crippen molar-refractivity contribution in [1.82, 2.24) is 14.1 Å². The van der Waals surface area contributed by atoms with E-state index in [-0.39, 0.29) is 17.7 Å². The Hall–Kier alpha value is -1.92. The molecule has 0 amide bonds. The lowest BCUT2D eigenvalue weighted by molar-refractivity contribution is 0.110. The highest BCUT2D eigenvalue weighted by Crippen LogP contribution is 2.32. The third-order valence-electron chi connectivity index (χ3n) is 5.69. The summed E-state index contributed by atoms with van der Waals surface area (Å²) in [4.78, 5) is 18.0. The summed E-state index contributed by atoms with van der Waals surface area (Å²) < 4.78 is 4.52. The Morgan fingerprint density at radius 2 is 1.70 bits per heavy atom. The van der Waals surface area contributed by atoms with E-state index < -0.39 is 0 Å². The number of halogens is 1. The molecule has 0 aromatic carbocycles. The van der Waals surface area contributed by atoms with Gasteiger partial charge in [0.1, 0.15) is 11.5 Å². The van der Waals surface area contributed by atoms with Gasteiger partial charge in [-0.1, -0.05) is 0 Å². The fourth-order valence-electron chi connectivity index (χ4n) is 4.21. The van der Waals surface area contributed by atoms with Crippen molar-refractivity contribution in [3.8, 4) is 5.82 Å². The molecule has 1 saturated carbocycles. The monoisotopic (exact) mass is 429 g/mol. The van der Waals surface area contributed by atoms with Crippen LogP contribution >= 0.6 is 15.9 Å². The van der Waals surface area contributed by atoms with Crippen molar-refractivity contribution in [3.63, 3.8) is 0 Å². The molecule has 1 N–H and O–H groups in total. The number of aromatic nitrogens is 3. The largest absolute Gasteiger partial charge is 0.393 e. The van der Waals surface area contributed by atoms with Crippen molar-refractivity contribution in [1.29, 1.82) is 0 Å². The van der Waals surface area contributed by atoms with Gasteiger partial charge >= 0.3 is 0 Å². The van der Waals surface area contributed by atoms with Gasteiger partial charge in [0, 0.05) is 22.8 Å². The molecule has 0 saturated heterocycles. The van der Waals surface area contributed by atoms with Crippen LogP contribution in [0, 0.1) is 20.8 Å². The average molecular weight is 430 g/mol. The maximum absolute atomic E-state index is 13.0. The van der Waals surface area contributed by atoms with Crippen LogP contribution in [0.15, 0.2) is 33.5 Å². The molecular formula is C21H24BrN3O2. The molecule has 0 aliphatic heterocycles. The fraction of sp³-hybridized carbons (Fsp3) is 0.429. The zero-order valence-corrected chi connectivity index (χ0v) is 17.5. The van der Waals surface area contributed by atoms with Crippen molar-refractivity contribution in [2.24, 2.45) is 0 Å². The van der Waals surface area contributed by atoms with Gasteiger partial charge in [0.2, 0.25) is 0 Å². The molecule has 27 heavy (non-hydrogen) atoms. The van der Waals surface area contributed by atoms with Gasteiger partial charge in [-0.15, -0.1) is 0 Å². The number of aryl methyl sites for hydroxylation is 3. The molecule has 1 fully saturated rings. The summed E-state index contributed by atoms with van der Waals surface area (Å²) in [6.07, 6.45) is 2.77. The summed E-state index contributed by atoms with van der Waals surface area (Å²) >= 11 is 3.44. The molecule has 0 bridgehead atoms. The highest BCUT2D eigenvalue weighted by molar-refractivity contribution is 9.10. The Bertz CT molecular complexity index is 1060. The Labute approximate surface area is 166 Å². The van der Waals surface area contributed by atoms with E-state index >= 15 is 0 Å². The van der Waals surface area contributed by atoms with Gasteiger partial charge < -0.3 is 9.67 Å².